The van der Waals surface area contributed by atoms with Crippen LogP contribution in [-0.4, -0.2) is 22.9 Å². The van der Waals surface area contributed by atoms with Crippen molar-refractivity contribution in [2.24, 2.45) is 7.05 Å². The average molecular weight is 375 g/mol. The highest BCUT2D eigenvalue weighted by molar-refractivity contribution is 5.95. The van der Waals surface area contributed by atoms with Crippen LogP contribution in [0.3, 0.4) is 0 Å². The zero-order valence-electron chi connectivity index (χ0n) is 14.4. The molecule has 0 unspecified atom stereocenters. The number of halogens is 3. The first-order valence-electron chi connectivity index (χ1n) is 8.10. The smallest absolute Gasteiger partial charge is 0.243 e. The van der Waals surface area contributed by atoms with Gasteiger partial charge in [0, 0.05) is 24.1 Å². The van der Waals surface area contributed by atoms with Gasteiger partial charge >= 0.3 is 0 Å². The van der Waals surface area contributed by atoms with Gasteiger partial charge in [-0.25, -0.2) is 13.2 Å². The van der Waals surface area contributed by atoms with Crippen LogP contribution in [0.1, 0.15) is 5.56 Å². The lowest BCUT2D eigenvalue weighted by molar-refractivity contribution is -0.123. The maximum absolute atomic E-state index is 13.5. The Balaban J connectivity index is 1.59. The number of para-hydroxylation sites is 1. The minimum Gasteiger partial charge on any atom is -0.350 e. The van der Waals surface area contributed by atoms with Gasteiger partial charge in [-0.05, 0) is 23.8 Å². The standard InChI is InChI=1S/C19H16F3N3O2/c1-25-10-11(12-4-2-3-5-15(12)25)8-16(26)23-9-17(27)24-14-7-6-13(20)18(21)19(14)22/h2-7,10H,8-9H2,1H3,(H,23,26)(H,24,27). The van der Waals surface area contributed by atoms with Crippen molar-refractivity contribution >= 4 is 28.4 Å². The number of aryl methyl sites for hydroxylation is 1. The summed E-state index contributed by atoms with van der Waals surface area (Å²) >= 11 is 0. The van der Waals surface area contributed by atoms with Gasteiger partial charge in [-0.1, -0.05) is 18.2 Å². The topological polar surface area (TPSA) is 63.1 Å². The molecule has 1 aromatic heterocycles. The van der Waals surface area contributed by atoms with E-state index in [2.05, 4.69) is 10.6 Å². The largest absolute Gasteiger partial charge is 0.350 e. The van der Waals surface area contributed by atoms with E-state index in [1.165, 1.54) is 0 Å². The lowest BCUT2D eigenvalue weighted by Gasteiger charge is -2.08. The molecule has 0 bridgehead atoms. The highest BCUT2D eigenvalue weighted by Gasteiger charge is 2.16. The molecule has 0 radical (unpaired) electrons. The number of aromatic nitrogens is 1. The van der Waals surface area contributed by atoms with Crippen LogP contribution in [-0.2, 0) is 23.1 Å². The number of benzene rings is 2. The summed E-state index contributed by atoms with van der Waals surface area (Å²) in [6.45, 7) is -0.429. The Morgan fingerprint density at radius 3 is 2.52 bits per heavy atom. The van der Waals surface area contributed by atoms with E-state index in [1.807, 2.05) is 42.1 Å². The SMILES string of the molecule is Cn1cc(CC(=O)NCC(=O)Nc2ccc(F)c(F)c2F)c2ccccc21. The molecule has 2 N–H and O–H groups in total. The third-order valence-corrected chi connectivity index (χ3v) is 4.09. The fourth-order valence-corrected chi connectivity index (χ4v) is 2.80. The van der Waals surface area contributed by atoms with Crippen molar-refractivity contribution in [1.82, 2.24) is 9.88 Å². The van der Waals surface area contributed by atoms with Crippen LogP contribution in [0.15, 0.2) is 42.6 Å². The van der Waals surface area contributed by atoms with Crippen LogP contribution in [0.25, 0.3) is 10.9 Å². The Kier molecular flexibility index (Phi) is 5.16. The van der Waals surface area contributed by atoms with Crippen molar-refractivity contribution in [3.05, 3.63) is 65.6 Å². The van der Waals surface area contributed by atoms with E-state index < -0.39 is 41.5 Å². The van der Waals surface area contributed by atoms with Gasteiger partial charge in [0.1, 0.15) is 0 Å². The summed E-state index contributed by atoms with van der Waals surface area (Å²) in [6, 6.07) is 9.20. The summed E-state index contributed by atoms with van der Waals surface area (Å²) in [5, 5.41) is 5.45. The van der Waals surface area contributed by atoms with Crippen LogP contribution < -0.4 is 10.6 Å². The summed E-state index contributed by atoms with van der Waals surface area (Å²) in [4.78, 5) is 23.9. The second kappa shape index (κ2) is 7.53. The quantitative estimate of drug-likeness (QED) is 0.674. The highest BCUT2D eigenvalue weighted by atomic mass is 19.2. The minimum absolute atomic E-state index is 0.0637. The Labute approximate surface area is 152 Å². The molecule has 0 aliphatic rings. The molecule has 3 rings (SSSR count). The molecule has 8 heteroatoms. The van der Waals surface area contributed by atoms with E-state index in [4.69, 9.17) is 0 Å². The summed E-state index contributed by atoms with van der Waals surface area (Å²) in [7, 11) is 1.87. The molecule has 0 fully saturated rings. The first-order chi connectivity index (χ1) is 12.9. The van der Waals surface area contributed by atoms with Gasteiger partial charge in [0.15, 0.2) is 17.5 Å². The Morgan fingerprint density at radius 2 is 1.74 bits per heavy atom. The van der Waals surface area contributed by atoms with Gasteiger partial charge in [0.05, 0.1) is 18.7 Å². The number of carbonyl (C=O) groups excluding carboxylic acids is 2. The average Bonchev–Trinajstić information content (AvgIpc) is 2.96. The molecular formula is C19H16F3N3O2. The Morgan fingerprint density at radius 1 is 1.00 bits per heavy atom. The molecule has 0 saturated carbocycles. The van der Waals surface area contributed by atoms with E-state index in [0.29, 0.717) is 6.07 Å². The van der Waals surface area contributed by atoms with Crippen molar-refractivity contribution in [2.45, 2.75) is 6.42 Å². The summed E-state index contributed by atoms with van der Waals surface area (Å²) in [6.07, 6.45) is 1.90. The molecule has 2 aromatic carbocycles. The van der Waals surface area contributed by atoms with E-state index in [9.17, 15) is 22.8 Å². The van der Waals surface area contributed by atoms with Crippen molar-refractivity contribution in [1.29, 1.82) is 0 Å². The maximum atomic E-state index is 13.5. The zero-order valence-corrected chi connectivity index (χ0v) is 14.4. The lowest BCUT2D eigenvalue weighted by Crippen LogP contribution is -2.34. The number of amides is 2. The molecule has 27 heavy (non-hydrogen) atoms. The van der Waals surface area contributed by atoms with Crippen LogP contribution >= 0.6 is 0 Å². The molecule has 0 saturated heterocycles. The van der Waals surface area contributed by atoms with Crippen molar-refractivity contribution in [3.63, 3.8) is 0 Å². The number of nitrogens with zero attached hydrogens (tertiary/aromatic N) is 1. The number of fused-ring (bicyclic) bond motifs is 1. The van der Waals surface area contributed by atoms with Crippen molar-refractivity contribution in [2.75, 3.05) is 11.9 Å². The molecule has 2 amide bonds. The highest BCUT2D eigenvalue weighted by Crippen LogP contribution is 2.21. The third-order valence-electron chi connectivity index (χ3n) is 4.09. The van der Waals surface area contributed by atoms with Gasteiger partial charge in [-0.2, -0.15) is 0 Å². The normalized spacial score (nSPS) is 10.8. The van der Waals surface area contributed by atoms with E-state index in [-0.39, 0.29) is 6.42 Å². The van der Waals surface area contributed by atoms with E-state index >= 15 is 0 Å². The maximum Gasteiger partial charge on any atom is 0.243 e. The monoisotopic (exact) mass is 375 g/mol. The number of carbonyl (C=O) groups is 2. The second-order valence-corrected chi connectivity index (χ2v) is 6.01. The van der Waals surface area contributed by atoms with Crippen LogP contribution in [0.5, 0.6) is 0 Å². The molecule has 3 aromatic rings. The Bertz CT molecular complexity index is 1030. The van der Waals surface area contributed by atoms with Gasteiger partial charge < -0.3 is 15.2 Å². The van der Waals surface area contributed by atoms with Gasteiger partial charge in [0.25, 0.3) is 0 Å². The molecule has 0 spiro atoms. The zero-order chi connectivity index (χ0) is 19.6. The first kappa shape index (κ1) is 18.5. The second-order valence-electron chi connectivity index (χ2n) is 6.01. The third kappa shape index (κ3) is 3.94. The molecule has 1 heterocycles. The number of anilines is 1. The predicted octanol–water partition coefficient (Wildman–Crippen LogP) is 2.89. The van der Waals surface area contributed by atoms with Crippen LogP contribution in [0.4, 0.5) is 18.9 Å². The van der Waals surface area contributed by atoms with E-state index in [0.717, 1.165) is 22.5 Å². The molecule has 0 aliphatic heterocycles. The fourth-order valence-electron chi connectivity index (χ4n) is 2.80. The summed E-state index contributed by atoms with van der Waals surface area (Å²) in [5.74, 6) is -5.68. The first-order valence-corrected chi connectivity index (χ1v) is 8.10. The lowest BCUT2D eigenvalue weighted by atomic mass is 10.1. The predicted molar refractivity (Wildman–Crippen MR) is 94.6 cm³/mol. The van der Waals surface area contributed by atoms with Crippen LogP contribution in [0.2, 0.25) is 0 Å². The Hall–Kier alpha value is -3.29. The molecule has 0 aliphatic carbocycles. The van der Waals surface area contributed by atoms with E-state index in [1.54, 1.807) is 0 Å². The van der Waals surface area contributed by atoms with Gasteiger partial charge in [-0.15, -0.1) is 0 Å². The van der Waals surface area contributed by atoms with Crippen molar-refractivity contribution < 1.29 is 22.8 Å². The molecule has 140 valence electrons. The van der Waals surface area contributed by atoms with Gasteiger partial charge in [0.2, 0.25) is 11.8 Å². The minimum atomic E-state index is -1.67. The summed E-state index contributed by atoms with van der Waals surface area (Å²) < 4.78 is 41.5. The van der Waals surface area contributed by atoms with Crippen LogP contribution in [0, 0.1) is 17.5 Å². The number of nitrogens with one attached hydrogen (secondary N) is 2. The fraction of sp³-hybridized carbons (Fsp3) is 0.158. The summed E-state index contributed by atoms with van der Waals surface area (Å²) in [5.41, 5.74) is 1.28. The van der Waals surface area contributed by atoms with Crippen molar-refractivity contribution in [3.8, 4) is 0 Å². The molecule has 5 nitrogen and oxygen atoms in total. The molecular weight excluding hydrogens is 359 g/mol. The number of rotatable bonds is 5. The molecule has 0 atom stereocenters. The number of hydrogen-bond acceptors (Lipinski definition) is 2. The van der Waals surface area contributed by atoms with Gasteiger partial charge in [-0.3, -0.25) is 9.59 Å². The number of hydrogen-bond donors (Lipinski definition) is 2.